The molecule has 0 radical (unpaired) electrons. The number of amides is 1. The van der Waals surface area contributed by atoms with Gasteiger partial charge in [-0.3, -0.25) is 4.79 Å². The van der Waals surface area contributed by atoms with Gasteiger partial charge in [0.1, 0.15) is 0 Å². The lowest BCUT2D eigenvalue weighted by atomic mass is 10.1. The van der Waals surface area contributed by atoms with E-state index in [9.17, 15) is 4.79 Å². The van der Waals surface area contributed by atoms with E-state index >= 15 is 0 Å². The molecule has 1 aromatic rings. The fourth-order valence-corrected chi connectivity index (χ4v) is 2.50. The molecule has 0 aromatic heterocycles. The summed E-state index contributed by atoms with van der Waals surface area (Å²) in [5, 5.41) is 0.674. The highest BCUT2D eigenvalue weighted by Gasteiger charge is 2.18. The van der Waals surface area contributed by atoms with Gasteiger partial charge in [-0.1, -0.05) is 27.5 Å². The average molecular weight is 303 g/mol. The number of hydrogen-bond acceptors (Lipinski definition) is 1. The molecule has 4 heteroatoms. The van der Waals surface area contributed by atoms with Crippen molar-refractivity contribution in [3.05, 3.63) is 33.3 Å². The topological polar surface area (TPSA) is 20.3 Å². The van der Waals surface area contributed by atoms with Crippen LogP contribution in [0.4, 0.5) is 0 Å². The van der Waals surface area contributed by atoms with Gasteiger partial charge in [-0.05, 0) is 36.6 Å². The molecule has 0 unspecified atom stereocenters. The van der Waals surface area contributed by atoms with Crippen LogP contribution >= 0.6 is 27.5 Å². The zero-order valence-electron chi connectivity index (χ0n) is 8.88. The van der Waals surface area contributed by atoms with E-state index in [2.05, 4.69) is 15.9 Å². The van der Waals surface area contributed by atoms with Crippen LogP contribution in [0.25, 0.3) is 0 Å². The first kappa shape index (κ1) is 11.9. The lowest BCUT2D eigenvalue weighted by molar-refractivity contribution is -0.129. The minimum atomic E-state index is 0.195. The number of hydrogen-bond donors (Lipinski definition) is 0. The van der Waals surface area contributed by atoms with E-state index in [1.54, 1.807) is 0 Å². The third kappa shape index (κ3) is 2.77. The van der Waals surface area contributed by atoms with Gasteiger partial charge >= 0.3 is 0 Å². The Morgan fingerprint density at radius 1 is 1.38 bits per heavy atom. The van der Waals surface area contributed by atoms with Crippen molar-refractivity contribution in [2.75, 3.05) is 13.1 Å². The van der Waals surface area contributed by atoms with Gasteiger partial charge in [-0.2, -0.15) is 0 Å². The van der Waals surface area contributed by atoms with Crippen LogP contribution in [-0.4, -0.2) is 23.9 Å². The second-order valence-electron chi connectivity index (χ2n) is 4.00. The number of benzene rings is 1. The Bertz CT molecular complexity index is 402. The molecule has 86 valence electrons. The van der Waals surface area contributed by atoms with Gasteiger partial charge in [-0.15, -0.1) is 0 Å². The number of rotatable bonds is 2. The number of carbonyl (C=O) groups excluding carboxylic acids is 1. The summed E-state index contributed by atoms with van der Waals surface area (Å²) < 4.78 is 0.949. The van der Waals surface area contributed by atoms with Gasteiger partial charge in [0.2, 0.25) is 5.91 Å². The lowest BCUT2D eigenvalue weighted by Crippen LogP contribution is -2.29. The molecule has 0 aliphatic carbocycles. The minimum Gasteiger partial charge on any atom is -0.342 e. The maximum Gasteiger partial charge on any atom is 0.227 e. The number of nitrogens with zero attached hydrogens (tertiary/aromatic N) is 1. The van der Waals surface area contributed by atoms with E-state index in [0.717, 1.165) is 36.0 Å². The van der Waals surface area contributed by atoms with E-state index in [-0.39, 0.29) is 5.91 Å². The van der Waals surface area contributed by atoms with Crippen LogP contribution in [0.15, 0.2) is 22.7 Å². The number of likely N-dealkylation sites (tertiary alicyclic amines) is 1. The van der Waals surface area contributed by atoms with E-state index < -0.39 is 0 Å². The fraction of sp³-hybridized carbons (Fsp3) is 0.417. The molecule has 0 saturated carbocycles. The molecule has 0 atom stereocenters. The number of carbonyl (C=O) groups is 1. The molecule has 16 heavy (non-hydrogen) atoms. The lowest BCUT2D eigenvalue weighted by Gasteiger charge is -2.15. The van der Waals surface area contributed by atoms with Crippen molar-refractivity contribution >= 4 is 33.4 Å². The highest BCUT2D eigenvalue weighted by Crippen LogP contribution is 2.22. The summed E-state index contributed by atoms with van der Waals surface area (Å²) in [6, 6.07) is 5.55. The van der Waals surface area contributed by atoms with Gasteiger partial charge in [0, 0.05) is 22.6 Å². The van der Waals surface area contributed by atoms with Crippen LogP contribution < -0.4 is 0 Å². The first-order valence-corrected chi connectivity index (χ1v) is 6.55. The third-order valence-electron chi connectivity index (χ3n) is 2.81. The summed E-state index contributed by atoms with van der Waals surface area (Å²) in [4.78, 5) is 13.9. The second-order valence-corrected chi connectivity index (χ2v) is 5.29. The SMILES string of the molecule is O=C(Cc1cc(Cl)ccc1Br)N1CCCC1. The molecule has 2 nitrogen and oxygen atoms in total. The Labute approximate surface area is 109 Å². The Morgan fingerprint density at radius 3 is 2.75 bits per heavy atom. The first-order valence-electron chi connectivity index (χ1n) is 5.38. The van der Waals surface area contributed by atoms with Crippen LogP contribution in [0.2, 0.25) is 5.02 Å². The summed E-state index contributed by atoms with van der Waals surface area (Å²) >= 11 is 9.35. The molecule has 1 aliphatic heterocycles. The standard InChI is InChI=1S/C12H13BrClNO/c13-11-4-3-10(14)7-9(11)8-12(16)15-5-1-2-6-15/h3-4,7H,1-2,5-6,8H2. The smallest absolute Gasteiger partial charge is 0.227 e. The maximum atomic E-state index is 11.9. The van der Waals surface area contributed by atoms with Crippen molar-refractivity contribution in [2.45, 2.75) is 19.3 Å². The first-order chi connectivity index (χ1) is 7.66. The Balaban J connectivity index is 2.07. The Kier molecular flexibility index (Phi) is 3.87. The van der Waals surface area contributed by atoms with Crippen LogP contribution in [0.3, 0.4) is 0 Å². The summed E-state index contributed by atoms with van der Waals surface area (Å²) in [6.07, 6.45) is 2.69. The molecular weight excluding hydrogens is 289 g/mol. The highest BCUT2D eigenvalue weighted by molar-refractivity contribution is 9.10. The monoisotopic (exact) mass is 301 g/mol. The fourth-order valence-electron chi connectivity index (χ4n) is 1.92. The molecule has 1 fully saturated rings. The van der Waals surface area contributed by atoms with Gasteiger partial charge < -0.3 is 4.90 Å². The third-order valence-corrected chi connectivity index (χ3v) is 3.82. The van der Waals surface area contributed by atoms with Crippen molar-refractivity contribution in [1.29, 1.82) is 0 Å². The largest absolute Gasteiger partial charge is 0.342 e. The molecule has 1 heterocycles. The zero-order valence-corrected chi connectivity index (χ0v) is 11.2. The quantitative estimate of drug-likeness (QED) is 0.821. The number of halogens is 2. The molecule has 0 N–H and O–H groups in total. The van der Waals surface area contributed by atoms with Crippen molar-refractivity contribution in [3.63, 3.8) is 0 Å². The van der Waals surface area contributed by atoms with E-state index in [0.29, 0.717) is 11.4 Å². The van der Waals surface area contributed by atoms with E-state index in [1.165, 1.54) is 0 Å². The normalized spacial score (nSPS) is 15.5. The van der Waals surface area contributed by atoms with Crippen LogP contribution in [0.5, 0.6) is 0 Å². The highest BCUT2D eigenvalue weighted by atomic mass is 79.9. The van der Waals surface area contributed by atoms with Crippen LogP contribution in [0, 0.1) is 0 Å². The second kappa shape index (κ2) is 5.19. The van der Waals surface area contributed by atoms with Crippen molar-refractivity contribution in [2.24, 2.45) is 0 Å². The molecule has 1 aromatic carbocycles. The predicted molar refractivity (Wildman–Crippen MR) is 68.7 cm³/mol. The molecule has 0 bridgehead atoms. The minimum absolute atomic E-state index is 0.195. The van der Waals surface area contributed by atoms with Gasteiger partial charge in [-0.25, -0.2) is 0 Å². The molecule has 1 amide bonds. The molecule has 1 aliphatic rings. The summed E-state index contributed by atoms with van der Waals surface area (Å²) in [5.74, 6) is 0.195. The van der Waals surface area contributed by atoms with E-state index in [1.807, 2.05) is 23.1 Å². The molecule has 2 rings (SSSR count). The maximum absolute atomic E-state index is 11.9. The Morgan fingerprint density at radius 2 is 2.06 bits per heavy atom. The Hall–Kier alpha value is -0.540. The molecule has 1 saturated heterocycles. The van der Waals surface area contributed by atoms with Crippen molar-refractivity contribution in [3.8, 4) is 0 Å². The van der Waals surface area contributed by atoms with Gasteiger partial charge in [0.05, 0.1) is 6.42 Å². The molecular formula is C12H13BrClNO. The van der Waals surface area contributed by atoms with Crippen LogP contribution in [-0.2, 0) is 11.2 Å². The van der Waals surface area contributed by atoms with Crippen molar-refractivity contribution in [1.82, 2.24) is 4.90 Å². The zero-order chi connectivity index (χ0) is 11.5. The molecule has 0 spiro atoms. The summed E-state index contributed by atoms with van der Waals surface area (Å²) in [7, 11) is 0. The van der Waals surface area contributed by atoms with Crippen LogP contribution in [0.1, 0.15) is 18.4 Å². The summed E-state index contributed by atoms with van der Waals surface area (Å²) in [5.41, 5.74) is 0.962. The predicted octanol–water partition coefficient (Wildman–Crippen LogP) is 3.27. The van der Waals surface area contributed by atoms with Gasteiger partial charge in [0.25, 0.3) is 0 Å². The van der Waals surface area contributed by atoms with E-state index in [4.69, 9.17) is 11.6 Å². The van der Waals surface area contributed by atoms with Gasteiger partial charge in [0.15, 0.2) is 0 Å². The van der Waals surface area contributed by atoms with Crippen molar-refractivity contribution < 1.29 is 4.79 Å². The summed E-state index contributed by atoms with van der Waals surface area (Å²) in [6.45, 7) is 1.80. The average Bonchev–Trinajstić information content (AvgIpc) is 2.76.